The van der Waals surface area contributed by atoms with Gasteiger partial charge in [0, 0.05) is 27.4 Å². The fraction of sp³-hybridized carbons (Fsp3) is 0.286. The van der Waals surface area contributed by atoms with Crippen LogP contribution in [0.3, 0.4) is 0 Å². The molecule has 6 rings (SSSR count). The van der Waals surface area contributed by atoms with E-state index in [1.165, 1.54) is 19.3 Å². The van der Waals surface area contributed by atoms with Gasteiger partial charge in [0.2, 0.25) is 0 Å². The van der Waals surface area contributed by atoms with Crippen molar-refractivity contribution in [3.63, 3.8) is 0 Å². The third-order valence-corrected chi connectivity index (χ3v) is 7.56. The zero-order valence-corrected chi connectivity index (χ0v) is 19.9. The van der Waals surface area contributed by atoms with Gasteiger partial charge in [-0.3, -0.25) is 9.59 Å². The number of imidazole rings is 1. The molecule has 3 atom stereocenters. The van der Waals surface area contributed by atoms with Crippen LogP contribution in [-0.4, -0.2) is 33.5 Å². The van der Waals surface area contributed by atoms with E-state index in [4.69, 9.17) is 11.6 Å². The maximum atomic E-state index is 12.8. The molecular formula is C28H25ClN4O2. The molecule has 3 aromatic rings. The number of aliphatic imine (C=N–C) groups is 1. The van der Waals surface area contributed by atoms with Crippen LogP contribution in [0.1, 0.15) is 52.8 Å². The van der Waals surface area contributed by atoms with Crippen LogP contribution in [0.15, 0.2) is 70.7 Å². The van der Waals surface area contributed by atoms with Crippen LogP contribution in [0.25, 0.3) is 22.4 Å². The lowest BCUT2D eigenvalue weighted by Crippen LogP contribution is -2.33. The highest BCUT2D eigenvalue weighted by molar-refractivity contribution is 6.31. The minimum absolute atomic E-state index is 0.0640. The first-order valence-electron chi connectivity index (χ1n) is 12.1. The van der Waals surface area contributed by atoms with Crippen molar-refractivity contribution in [1.82, 2.24) is 15.3 Å². The first-order chi connectivity index (χ1) is 17.0. The largest absolute Gasteiger partial charge is 0.346 e. The van der Waals surface area contributed by atoms with E-state index in [1.807, 2.05) is 36.4 Å². The normalized spacial score (nSPS) is 24.2. The van der Waals surface area contributed by atoms with Gasteiger partial charge in [0.1, 0.15) is 5.82 Å². The van der Waals surface area contributed by atoms with Crippen molar-refractivity contribution >= 4 is 40.2 Å². The fourth-order valence-electron chi connectivity index (χ4n) is 5.37. The van der Waals surface area contributed by atoms with E-state index >= 15 is 0 Å². The Kier molecular flexibility index (Phi) is 5.61. The summed E-state index contributed by atoms with van der Waals surface area (Å²) in [5.74, 6) is 1.60. The number of aromatic nitrogens is 2. The number of halogens is 1. The van der Waals surface area contributed by atoms with Crippen molar-refractivity contribution in [3.05, 3.63) is 76.9 Å². The Labute approximate surface area is 208 Å². The molecule has 0 aliphatic heterocycles. The van der Waals surface area contributed by atoms with Gasteiger partial charge in [0.15, 0.2) is 0 Å². The van der Waals surface area contributed by atoms with E-state index in [1.54, 1.807) is 24.3 Å². The van der Waals surface area contributed by atoms with Gasteiger partial charge >= 0.3 is 0 Å². The first-order valence-corrected chi connectivity index (χ1v) is 12.5. The summed E-state index contributed by atoms with van der Waals surface area (Å²) in [6.07, 6.45) is 10.9. The SMILES string of the molecule is O=C(N=C1CC2CC[C@H]1C2)c1ccc2nc(-c3ccc(C(=O)NC4C=CC(Cl)=CC4)cc3)[nH]c2c1. The number of hydrogen-bond acceptors (Lipinski definition) is 3. The highest BCUT2D eigenvalue weighted by Gasteiger charge is 2.37. The topological polar surface area (TPSA) is 87.2 Å². The van der Waals surface area contributed by atoms with Crippen molar-refractivity contribution in [2.24, 2.45) is 16.8 Å². The summed E-state index contributed by atoms with van der Waals surface area (Å²) in [4.78, 5) is 37.8. The molecule has 2 bridgehead atoms. The molecule has 0 radical (unpaired) electrons. The van der Waals surface area contributed by atoms with Crippen LogP contribution in [-0.2, 0) is 0 Å². The zero-order valence-electron chi connectivity index (χ0n) is 19.1. The molecule has 2 saturated carbocycles. The summed E-state index contributed by atoms with van der Waals surface area (Å²) >= 11 is 5.94. The Hall–Kier alpha value is -3.51. The molecule has 1 heterocycles. The number of nitrogens with zero attached hydrogens (tertiary/aromatic N) is 2. The standard InChI is InChI=1S/C28H25ClN4O2/c29-21-8-10-22(11-9-21)30-27(34)18-5-3-17(4-6-18)26-31-23-12-7-20(15-25(23)32-26)28(35)33-24-14-16-1-2-19(24)13-16/h3-10,12,15-16,19,22H,1-2,11,13-14H2,(H,30,34)(H,31,32)/t16?,19-,22?/m0/s1. The molecule has 2 fully saturated rings. The molecule has 7 heteroatoms. The van der Waals surface area contributed by atoms with E-state index in [2.05, 4.69) is 20.3 Å². The van der Waals surface area contributed by atoms with Crippen molar-refractivity contribution in [2.45, 2.75) is 38.1 Å². The van der Waals surface area contributed by atoms with Crippen LogP contribution in [0, 0.1) is 11.8 Å². The molecule has 2 N–H and O–H groups in total. The third kappa shape index (κ3) is 4.46. The summed E-state index contributed by atoms with van der Waals surface area (Å²) < 4.78 is 0. The summed E-state index contributed by atoms with van der Waals surface area (Å²) in [6.45, 7) is 0. The van der Waals surface area contributed by atoms with E-state index in [0.29, 0.717) is 34.3 Å². The Bertz CT molecular complexity index is 1420. The maximum Gasteiger partial charge on any atom is 0.276 e. The average molecular weight is 485 g/mol. The van der Waals surface area contributed by atoms with Crippen LogP contribution < -0.4 is 5.32 Å². The van der Waals surface area contributed by atoms with Crippen LogP contribution >= 0.6 is 11.6 Å². The fourth-order valence-corrected chi connectivity index (χ4v) is 5.53. The molecule has 0 saturated heterocycles. The number of nitrogens with one attached hydrogen (secondary N) is 2. The Morgan fingerprint density at radius 2 is 1.91 bits per heavy atom. The number of aromatic amines is 1. The molecule has 2 unspecified atom stereocenters. The lowest BCUT2D eigenvalue weighted by atomic mass is 9.98. The smallest absolute Gasteiger partial charge is 0.276 e. The molecular weight excluding hydrogens is 460 g/mol. The van der Waals surface area contributed by atoms with Crippen LogP contribution in [0.2, 0.25) is 0 Å². The van der Waals surface area contributed by atoms with Gasteiger partial charge < -0.3 is 10.3 Å². The minimum atomic E-state index is -0.175. The van der Waals surface area contributed by atoms with Crippen molar-refractivity contribution in [2.75, 3.05) is 0 Å². The van der Waals surface area contributed by atoms with Gasteiger partial charge in [-0.25, -0.2) is 9.98 Å². The predicted octanol–water partition coefficient (Wildman–Crippen LogP) is 5.81. The monoisotopic (exact) mass is 484 g/mol. The number of benzene rings is 2. The minimum Gasteiger partial charge on any atom is -0.346 e. The third-order valence-electron chi connectivity index (χ3n) is 7.28. The number of rotatable bonds is 4. The molecule has 6 nitrogen and oxygen atoms in total. The van der Waals surface area contributed by atoms with E-state index in [9.17, 15) is 9.59 Å². The van der Waals surface area contributed by atoms with Gasteiger partial charge in [-0.15, -0.1) is 0 Å². The second-order valence-corrected chi connectivity index (χ2v) is 10.1. The van der Waals surface area contributed by atoms with Gasteiger partial charge in [-0.05, 0) is 80.3 Å². The number of carbonyl (C=O) groups excluding carboxylic acids is 2. The van der Waals surface area contributed by atoms with Gasteiger partial charge in [0.25, 0.3) is 11.8 Å². The van der Waals surface area contributed by atoms with E-state index in [-0.39, 0.29) is 17.9 Å². The summed E-state index contributed by atoms with van der Waals surface area (Å²) in [5, 5.41) is 3.68. The summed E-state index contributed by atoms with van der Waals surface area (Å²) in [6, 6.07) is 12.7. The molecule has 3 aliphatic rings. The van der Waals surface area contributed by atoms with Gasteiger partial charge in [-0.2, -0.15) is 0 Å². The van der Waals surface area contributed by atoms with Crippen LogP contribution in [0.4, 0.5) is 0 Å². The lowest BCUT2D eigenvalue weighted by Gasteiger charge is -2.16. The number of carbonyl (C=O) groups is 2. The molecule has 2 amide bonds. The van der Waals surface area contributed by atoms with Crippen molar-refractivity contribution in [3.8, 4) is 11.4 Å². The van der Waals surface area contributed by atoms with Gasteiger partial charge in [0.05, 0.1) is 17.1 Å². The Balaban J connectivity index is 1.17. The highest BCUT2D eigenvalue weighted by Crippen LogP contribution is 2.42. The molecule has 2 aromatic carbocycles. The summed E-state index contributed by atoms with van der Waals surface area (Å²) in [5.41, 5.74) is 4.66. The maximum absolute atomic E-state index is 12.8. The van der Waals surface area contributed by atoms with Gasteiger partial charge in [-0.1, -0.05) is 35.9 Å². The number of fused-ring (bicyclic) bond motifs is 3. The molecule has 176 valence electrons. The van der Waals surface area contributed by atoms with E-state index < -0.39 is 0 Å². The quantitative estimate of drug-likeness (QED) is 0.489. The predicted molar refractivity (Wildman–Crippen MR) is 138 cm³/mol. The van der Waals surface area contributed by atoms with Crippen molar-refractivity contribution < 1.29 is 9.59 Å². The molecule has 3 aliphatic carbocycles. The summed E-state index contributed by atoms with van der Waals surface area (Å²) in [7, 11) is 0. The van der Waals surface area contributed by atoms with Crippen LogP contribution in [0.5, 0.6) is 0 Å². The lowest BCUT2D eigenvalue weighted by molar-refractivity contribution is 0.0943. The van der Waals surface area contributed by atoms with E-state index in [0.717, 1.165) is 34.6 Å². The molecule has 35 heavy (non-hydrogen) atoms. The average Bonchev–Trinajstić information content (AvgIpc) is 3.61. The highest BCUT2D eigenvalue weighted by atomic mass is 35.5. The molecule has 1 aromatic heterocycles. The second kappa shape index (κ2) is 8.93. The number of amides is 2. The number of hydrogen-bond donors (Lipinski definition) is 2. The Morgan fingerprint density at radius 3 is 2.63 bits per heavy atom. The first kappa shape index (κ1) is 22.0. The zero-order chi connectivity index (χ0) is 23.9. The Morgan fingerprint density at radius 1 is 1.09 bits per heavy atom. The number of H-pyrrole nitrogens is 1. The molecule has 0 spiro atoms. The van der Waals surface area contributed by atoms with Crippen molar-refractivity contribution in [1.29, 1.82) is 0 Å². The number of allylic oxidation sites excluding steroid dienone is 2. The second-order valence-electron chi connectivity index (χ2n) is 9.65.